The number of nitrogens with one attached hydrogen (secondary N) is 2. The van der Waals surface area contributed by atoms with Gasteiger partial charge in [0.05, 0.1) is 6.61 Å². The summed E-state index contributed by atoms with van der Waals surface area (Å²) in [6.07, 6.45) is 3.10. The molecule has 0 fully saturated rings. The fraction of sp³-hybridized carbons (Fsp3) is 0.409. The number of nitrogens with zero attached hydrogens (tertiary/aromatic N) is 1. The first-order valence-corrected chi connectivity index (χ1v) is 9.39. The molecule has 2 rings (SSSR count). The van der Waals surface area contributed by atoms with E-state index in [1.165, 1.54) is 16.7 Å². The Hall–Kier alpha value is -2.33. The van der Waals surface area contributed by atoms with Crippen molar-refractivity contribution >= 4 is 5.96 Å². The van der Waals surface area contributed by atoms with E-state index in [2.05, 4.69) is 71.1 Å². The molecule has 4 nitrogen and oxygen atoms in total. The SMILES string of the molecule is CN=C(NCCCCOCCc1ccccc1)NCc1cccc(C)c1. The number of rotatable bonds is 10. The van der Waals surface area contributed by atoms with E-state index in [1.807, 2.05) is 6.07 Å². The van der Waals surface area contributed by atoms with Gasteiger partial charge in [-0.2, -0.15) is 0 Å². The van der Waals surface area contributed by atoms with E-state index in [0.29, 0.717) is 0 Å². The Morgan fingerprint density at radius 3 is 2.50 bits per heavy atom. The maximum absolute atomic E-state index is 5.71. The summed E-state index contributed by atoms with van der Waals surface area (Å²) in [7, 11) is 1.80. The normalized spacial score (nSPS) is 11.4. The first kappa shape index (κ1) is 20.0. The molecule has 0 spiro atoms. The summed E-state index contributed by atoms with van der Waals surface area (Å²) in [5.74, 6) is 0.844. The molecule has 0 heterocycles. The molecule has 0 bridgehead atoms. The molecular weight excluding hydrogens is 322 g/mol. The molecule has 0 saturated carbocycles. The highest BCUT2D eigenvalue weighted by Crippen LogP contribution is 2.03. The highest BCUT2D eigenvalue weighted by molar-refractivity contribution is 5.79. The molecule has 2 N–H and O–H groups in total. The third-order valence-electron chi connectivity index (χ3n) is 4.15. The Kier molecular flexibility index (Phi) is 9.30. The Morgan fingerprint density at radius 2 is 1.73 bits per heavy atom. The van der Waals surface area contributed by atoms with Crippen molar-refractivity contribution in [3.8, 4) is 0 Å². The zero-order chi connectivity index (χ0) is 18.5. The van der Waals surface area contributed by atoms with Gasteiger partial charge in [-0.05, 0) is 37.3 Å². The van der Waals surface area contributed by atoms with Crippen LogP contribution in [0.1, 0.15) is 29.5 Å². The van der Waals surface area contributed by atoms with Crippen molar-refractivity contribution in [3.05, 3.63) is 71.3 Å². The van der Waals surface area contributed by atoms with E-state index in [1.54, 1.807) is 7.05 Å². The van der Waals surface area contributed by atoms with Crippen LogP contribution in [0.25, 0.3) is 0 Å². The van der Waals surface area contributed by atoms with Gasteiger partial charge in [0.15, 0.2) is 5.96 Å². The van der Waals surface area contributed by atoms with Gasteiger partial charge in [0.25, 0.3) is 0 Å². The van der Waals surface area contributed by atoms with Crippen molar-refractivity contribution in [2.24, 2.45) is 4.99 Å². The molecule has 0 radical (unpaired) electrons. The van der Waals surface area contributed by atoms with E-state index in [9.17, 15) is 0 Å². The van der Waals surface area contributed by atoms with Crippen molar-refractivity contribution in [1.82, 2.24) is 10.6 Å². The van der Waals surface area contributed by atoms with Crippen LogP contribution < -0.4 is 10.6 Å². The second-order valence-corrected chi connectivity index (χ2v) is 6.40. The molecule has 0 aliphatic carbocycles. The Labute approximate surface area is 157 Å². The number of ether oxygens (including phenoxy) is 1. The molecule has 140 valence electrons. The second kappa shape index (κ2) is 12.1. The van der Waals surface area contributed by atoms with Crippen LogP contribution in [-0.2, 0) is 17.7 Å². The predicted molar refractivity (Wildman–Crippen MR) is 110 cm³/mol. The van der Waals surface area contributed by atoms with Crippen molar-refractivity contribution in [1.29, 1.82) is 0 Å². The van der Waals surface area contributed by atoms with Crippen LogP contribution >= 0.6 is 0 Å². The van der Waals surface area contributed by atoms with E-state index < -0.39 is 0 Å². The lowest BCUT2D eigenvalue weighted by Gasteiger charge is -2.12. The minimum absolute atomic E-state index is 0.782. The number of hydrogen-bond donors (Lipinski definition) is 2. The maximum atomic E-state index is 5.71. The fourth-order valence-corrected chi connectivity index (χ4v) is 2.70. The summed E-state index contributed by atoms with van der Waals surface area (Å²) in [5.41, 5.74) is 3.87. The lowest BCUT2D eigenvalue weighted by molar-refractivity contribution is 0.133. The topological polar surface area (TPSA) is 45.7 Å². The molecule has 4 heteroatoms. The highest BCUT2D eigenvalue weighted by atomic mass is 16.5. The molecule has 2 aromatic carbocycles. The second-order valence-electron chi connectivity index (χ2n) is 6.40. The van der Waals surface area contributed by atoms with Crippen molar-refractivity contribution in [3.63, 3.8) is 0 Å². The van der Waals surface area contributed by atoms with Gasteiger partial charge in [-0.3, -0.25) is 4.99 Å². The number of aryl methyl sites for hydroxylation is 1. The Morgan fingerprint density at radius 1 is 0.923 bits per heavy atom. The first-order chi connectivity index (χ1) is 12.8. The van der Waals surface area contributed by atoms with Crippen LogP contribution in [-0.4, -0.2) is 32.8 Å². The smallest absolute Gasteiger partial charge is 0.191 e. The summed E-state index contributed by atoms with van der Waals surface area (Å²) in [6, 6.07) is 19.0. The van der Waals surface area contributed by atoms with Crippen LogP contribution in [0.4, 0.5) is 0 Å². The van der Waals surface area contributed by atoms with Gasteiger partial charge in [0.1, 0.15) is 0 Å². The van der Waals surface area contributed by atoms with Gasteiger partial charge in [0, 0.05) is 26.7 Å². The average Bonchev–Trinajstić information content (AvgIpc) is 2.67. The summed E-state index contributed by atoms with van der Waals surface area (Å²) in [6.45, 7) is 5.39. The molecular formula is C22H31N3O. The van der Waals surface area contributed by atoms with Crippen LogP contribution in [0.2, 0.25) is 0 Å². The third-order valence-corrected chi connectivity index (χ3v) is 4.15. The molecule has 0 aliphatic heterocycles. The van der Waals surface area contributed by atoms with Gasteiger partial charge in [0.2, 0.25) is 0 Å². The van der Waals surface area contributed by atoms with Gasteiger partial charge < -0.3 is 15.4 Å². The van der Waals surface area contributed by atoms with Crippen molar-refractivity contribution < 1.29 is 4.74 Å². The van der Waals surface area contributed by atoms with Gasteiger partial charge in [-0.15, -0.1) is 0 Å². The fourth-order valence-electron chi connectivity index (χ4n) is 2.70. The van der Waals surface area contributed by atoms with Crippen molar-refractivity contribution in [2.75, 3.05) is 26.8 Å². The molecule has 0 unspecified atom stereocenters. The predicted octanol–water partition coefficient (Wildman–Crippen LogP) is 3.70. The summed E-state index contributed by atoms with van der Waals surface area (Å²) < 4.78 is 5.71. The molecule has 0 aromatic heterocycles. The van der Waals surface area contributed by atoms with E-state index in [-0.39, 0.29) is 0 Å². The molecule has 26 heavy (non-hydrogen) atoms. The number of benzene rings is 2. The molecule has 0 aliphatic rings. The maximum Gasteiger partial charge on any atom is 0.191 e. The van der Waals surface area contributed by atoms with E-state index >= 15 is 0 Å². The van der Waals surface area contributed by atoms with Crippen LogP contribution in [0.15, 0.2) is 59.6 Å². The Bertz CT molecular complexity index is 655. The first-order valence-electron chi connectivity index (χ1n) is 9.39. The molecule has 0 atom stereocenters. The Balaban J connectivity index is 1.50. The number of guanidine groups is 1. The largest absolute Gasteiger partial charge is 0.381 e. The van der Waals surface area contributed by atoms with Gasteiger partial charge >= 0.3 is 0 Å². The summed E-state index contributed by atoms with van der Waals surface area (Å²) in [5, 5.41) is 6.70. The standard InChI is InChI=1S/C22H31N3O/c1-19-9-8-12-21(17-19)18-25-22(23-2)24-14-6-7-15-26-16-13-20-10-4-3-5-11-20/h3-5,8-12,17H,6-7,13-16,18H2,1-2H3,(H2,23,24,25). The monoisotopic (exact) mass is 353 g/mol. The summed E-state index contributed by atoms with van der Waals surface area (Å²) in [4.78, 5) is 4.27. The third kappa shape index (κ3) is 8.17. The zero-order valence-electron chi connectivity index (χ0n) is 16.0. The number of aliphatic imine (C=N–C) groups is 1. The number of unbranched alkanes of at least 4 members (excludes halogenated alkanes) is 1. The molecule has 0 saturated heterocycles. The zero-order valence-corrected chi connectivity index (χ0v) is 16.0. The van der Waals surface area contributed by atoms with E-state index in [0.717, 1.165) is 51.5 Å². The van der Waals surface area contributed by atoms with E-state index in [4.69, 9.17) is 4.74 Å². The van der Waals surface area contributed by atoms with Gasteiger partial charge in [-0.25, -0.2) is 0 Å². The quantitative estimate of drug-likeness (QED) is 0.389. The minimum Gasteiger partial charge on any atom is -0.381 e. The van der Waals surface area contributed by atoms with Crippen LogP contribution in [0.3, 0.4) is 0 Å². The van der Waals surface area contributed by atoms with Crippen LogP contribution in [0.5, 0.6) is 0 Å². The molecule has 2 aromatic rings. The lowest BCUT2D eigenvalue weighted by Crippen LogP contribution is -2.37. The minimum atomic E-state index is 0.782. The lowest BCUT2D eigenvalue weighted by atomic mass is 10.1. The highest BCUT2D eigenvalue weighted by Gasteiger charge is 1.99. The van der Waals surface area contributed by atoms with Crippen molar-refractivity contribution in [2.45, 2.75) is 32.7 Å². The average molecular weight is 354 g/mol. The molecule has 0 amide bonds. The van der Waals surface area contributed by atoms with Gasteiger partial charge in [-0.1, -0.05) is 60.2 Å². The summed E-state index contributed by atoms with van der Waals surface area (Å²) >= 11 is 0. The number of hydrogen-bond acceptors (Lipinski definition) is 2. The van der Waals surface area contributed by atoms with Crippen LogP contribution in [0, 0.1) is 6.92 Å².